The van der Waals surface area contributed by atoms with Gasteiger partial charge in [0.05, 0.1) is 5.60 Å². The van der Waals surface area contributed by atoms with Crippen LogP contribution >= 0.6 is 11.6 Å². The summed E-state index contributed by atoms with van der Waals surface area (Å²) in [6.07, 6.45) is 1.12. The first-order valence-corrected chi connectivity index (χ1v) is 11.0. The third-order valence-corrected chi connectivity index (χ3v) is 9.33. The number of aliphatic hydroxyl groups is 1. The monoisotopic (exact) mass is 328 g/mol. The van der Waals surface area contributed by atoms with Crippen molar-refractivity contribution >= 4 is 19.9 Å². The molecule has 0 saturated heterocycles. The Hall–Kier alpha value is -0.353. The minimum atomic E-state index is -1.77. The van der Waals surface area contributed by atoms with E-state index in [1.54, 1.807) is 0 Å². The summed E-state index contributed by atoms with van der Waals surface area (Å²) in [5, 5.41) is 11.1. The predicted molar refractivity (Wildman–Crippen MR) is 93.4 cm³/mol. The fourth-order valence-corrected chi connectivity index (χ4v) is 3.37. The molecule has 1 aromatic rings. The van der Waals surface area contributed by atoms with Gasteiger partial charge in [0.25, 0.3) is 0 Å². The fraction of sp³-hybridized carbons (Fsp3) is 0.647. The molecule has 1 atom stereocenters. The Labute approximate surface area is 135 Å². The second-order valence-corrected chi connectivity index (χ2v) is 12.4. The van der Waals surface area contributed by atoms with E-state index in [4.69, 9.17) is 16.0 Å². The van der Waals surface area contributed by atoms with E-state index in [1.807, 2.05) is 30.3 Å². The van der Waals surface area contributed by atoms with Crippen molar-refractivity contribution in [2.45, 2.75) is 57.3 Å². The highest BCUT2D eigenvalue weighted by Gasteiger charge is 2.38. The van der Waals surface area contributed by atoms with Crippen LogP contribution in [0, 0.1) is 0 Å². The first-order chi connectivity index (χ1) is 9.62. The molecule has 4 heteroatoms. The van der Waals surface area contributed by atoms with E-state index in [0.29, 0.717) is 25.3 Å². The number of halogens is 1. The van der Waals surface area contributed by atoms with Gasteiger partial charge in [0, 0.05) is 18.9 Å². The lowest BCUT2D eigenvalue weighted by Gasteiger charge is -2.37. The van der Waals surface area contributed by atoms with E-state index in [9.17, 15) is 5.11 Å². The first-order valence-electron chi connectivity index (χ1n) is 7.60. The second-order valence-electron chi connectivity index (χ2n) is 7.20. The van der Waals surface area contributed by atoms with Gasteiger partial charge in [-0.05, 0) is 30.1 Å². The van der Waals surface area contributed by atoms with Crippen LogP contribution in [0.4, 0.5) is 0 Å². The number of benzene rings is 1. The lowest BCUT2D eigenvalue weighted by atomic mass is 9.88. The fourth-order valence-electron chi connectivity index (χ4n) is 2.01. The maximum atomic E-state index is 10.9. The zero-order chi connectivity index (χ0) is 16.1. The quantitative estimate of drug-likeness (QED) is 0.569. The molecule has 1 unspecified atom stereocenters. The summed E-state index contributed by atoms with van der Waals surface area (Å²) in [4.78, 5) is 0. The summed E-state index contributed by atoms with van der Waals surface area (Å²) in [5.41, 5.74) is 0.0234. The van der Waals surface area contributed by atoms with Gasteiger partial charge in [-0.15, -0.1) is 11.6 Å². The average Bonchev–Trinajstić information content (AvgIpc) is 2.38. The summed E-state index contributed by atoms with van der Waals surface area (Å²) in [6.45, 7) is 11.7. The molecule has 21 heavy (non-hydrogen) atoms. The highest BCUT2D eigenvalue weighted by atomic mass is 35.5. The van der Waals surface area contributed by atoms with Crippen molar-refractivity contribution in [1.82, 2.24) is 0 Å². The standard InChI is InChI=1S/C17H29ClO2Si/c1-16(2,3)21(4,5)20-14-12-17(19,11-13-18)15-9-7-6-8-10-15/h6-10,19H,11-14H2,1-5H3. The van der Waals surface area contributed by atoms with Crippen LogP contribution in [0.3, 0.4) is 0 Å². The summed E-state index contributed by atoms with van der Waals surface area (Å²) < 4.78 is 6.19. The Morgan fingerprint density at radius 1 is 1.10 bits per heavy atom. The van der Waals surface area contributed by atoms with Gasteiger partial charge in [-0.3, -0.25) is 0 Å². The van der Waals surface area contributed by atoms with Gasteiger partial charge >= 0.3 is 0 Å². The molecule has 0 spiro atoms. The summed E-state index contributed by atoms with van der Waals surface area (Å²) >= 11 is 5.89. The van der Waals surface area contributed by atoms with Crippen LogP contribution in [0.25, 0.3) is 0 Å². The molecule has 0 aliphatic carbocycles. The molecule has 1 aromatic carbocycles. The second kappa shape index (κ2) is 7.27. The van der Waals surface area contributed by atoms with Crippen molar-refractivity contribution in [2.75, 3.05) is 12.5 Å². The molecule has 0 fully saturated rings. The normalized spacial score (nSPS) is 15.8. The van der Waals surface area contributed by atoms with Gasteiger partial charge in [0.1, 0.15) is 0 Å². The van der Waals surface area contributed by atoms with Gasteiger partial charge in [-0.1, -0.05) is 51.1 Å². The van der Waals surface area contributed by atoms with Crippen LogP contribution in [0.5, 0.6) is 0 Å². The van der Waals surface area contributed by atoms with E-state index in [2.05, 4.69) is 33.9 Å². The Morgan fingerprint density at radius 2 is 1.67 bits per heavy atom. The van der Waals surface area contributed by atoms with E-state index in [0.717, 1.165) is 5.56 Å². The molecular formula is C17H29ClO2Si. The largest absolute Gasteiger partial charge is 0.417 e. The van der Waals surface area contributed by atoms with Crippen molar-refractivity contribution in [3.05, 3.63) is 35.9 Å². The Balaban J connectivity index is 2.73. The lowest BCUT2D eigenvalue weighted by Crippen LogP contribution is -2.42. The molecule has 0 amide bonds. The van der Waals surface area contributed by atoms with Gasteiger partial charge in [0.15, 0.2) is 8.32 Å². The highest BCUT2D eigenvalue weighted by molar-refractivity contribution is 6.74. The van der Waals surface area contributed by atoms with E-state index in [-0.39, 0.29) is 5.04 Å². The number of alkyl halides is 1. The molecule has 2 nitrogen and oxygen atoms in total. The Bertz CT molecular complexity index is 428. The zero-order valence-corrected chi connectivity index (χ0v) is 15.7. The third kappa shape index (κ3) is 5.10. The zero-order valence-electron chi connectivity index (χ0n) is 13.9. The van der Waals surface area contributed by atoms with Gasteiger partial charge in [-0.25, -0.2) is 0 Å². The first kappa shape index (κ1) is 18.7. The maximum absolute atomic E-state index is 10.9. The molecule has 0 radical (unpaired) electrons. The molecule has 1 rings (SSSR count). The van der Waals surface area contributed by atoms with Crippen LogP contribution < -0.4 is 0 Å². The van der Waals surface area contributed by atoms with Gasteiger partial charge < -0.3 is 9.53 Å². The number of hydrogen-bond acceptors (Lipinski definition) is 2. The molecule has 0 heterocycles. The molecule has 0 aromatic heterocycles. The molecule has 0 bridgehead atoms. The topological polar surface area (TPSA) is 29.5 Å². The van der Waals surface area contributed by atoms with E-state index >= 15 is 0 Å². The van der Waals surface area contributed by atoms with Crippen LogP contribution in [-0.4, -0.2) is 25.9 Å². The van der Waals surface area contributed by atoms with Crippen molar-refractivity contribution in [3.63, 3.8) is 0 Å². The molecule has 1 N–H and O–H groups in total. The summed E-state index contributed by atoms with van der Waals surface area (Å²) in [5.74, 6) is 0.436. The van der Waals surface area contributed by atoms with Gasteiger partial charge in [-0.2, -0.15) is 0 Å². The highest BCUT2D eigenvalue weighted by Crippen LogP contribution is 2.37. The third-order valence-electron chi connectivity index (χ3n) is 4.60. The van der Waals surface area contributed by atoms with Crippen LogP contribution in [0.1, 0.15) is 39.2 Å². The molecular weight excluding hydrogens is 300 g/mol. The Kier molecular flexibility index (Phi) is 6.48. The molecule has 0 aliphatic rings. The smallest absolute Gasteiger partial charge is 0.191 e. The van der Waals surface area contributed by atoms with Crippen molar-refractivity contribution < 1.29 is 9.53 Å². The van der Waals surface area contributed by atoms with E-state index in [1.165, 1.54) is 0 Å². The molecule has 0 saturated carbocycles. The summed E-state index contributed by atoms with van der Waals surface area (Å²) in [6, 6.07) is 9.76. The van der Waals surface area contributed by atoms with Crippen LogP contribution in [0.15, 0.2) is 30.3 Å². The van der Waals surface area contributed by atoms with Gasteiger partial charge in [0.2, 0.25) is 0 Å². The summed E-state index contributed by atoms with van der Waals surface area (Å²) in [7, 11) is -1.77. The molecule has 120 valence electrons. The van der Waals surface area contributed by atoms with Crippen molar-refractivity contribution in [1.29, 1.82) is 0 Å². The van der Waals surface area contributed by atoms with Crippen molar-refractivity contribution in [2.24, 2.45) is 0 Å². The Morgan fingerprint density at radius 3 is 2.14 bits per heavy atom. The molecule has 0 aliphatic heterocycles. The predicted octanol–water partition coefficient (Wildman–Crippen LogP) is 4.92. The SMILES string of the molecule is CC(C)(C)[Si](C)(C)OCCC(O)(CCCl)c1ccccc1. The lowest BCUT2D eigenvalue weighted by molar-refractivity contribution is 0.0101. The minimum absolute atomic E-state index is 0.185. The average molecular weight is 329 g/mol. The van der Waals surface area contributed by atoms with E-state index < -0.39 is 13.9 Å². The van der Waals surface area contributed by atoms with Crippen LogP contribution in [0.2, 0.25) is 18.1 Å². The van der Waals surface area contributed by atoms with Crippen molar-refractivity contribution in [3.8, 4) is 0 Å². The van der Waals surface area contributed by atoms with Crippen LogP contribution in [-0.2, 0) is 10.0 Å². The minimum Gasteiger partial charge on any atom is -0.417 e. The number of rotatable bonds is 7. The maximum Gasteiger partial charge on any atom is 0.191 e. The number of hydrogen-bond donors (Lipinski definition) is 1.